The molecule has 1 amide bonds. The van der Waals surface area contributed by atoms with Gasteiger partial charge >= 0.3 is 12.1 Å². The van der Waals surface area contributed by atoms with Crippen LogP contribution in [0.4, 0.5) is 13.2 Å². The number of aliphatic carboxylic acids is 1. The number of alkyl halides is 3. The fourth-order valence-corrected chi connectivity index (χ4v) is 1.78. The summed E-state index contributed by atoms with van der Waals surface area (Å²) in [5, 5.41) is 8.54. The Bertz CT molecular complexity index is 332. The lowest BCUT2D eigenvalue weighted by Crippen LogP contribution is -2.47. The van der Waals surface area contributed by atoms with Gasteiger partial charge in [-0.15, -0.1) is 0 Å². The van der Waals surface area contributed by atoms with Crippen LogP contribution in [-0.4, -0.2) is 53.9 Å². The van der Waals surface area contributed by atoms with Crippen LogP contribution in [0, 0.1) is 5.92 Å². The van der Waals surface area contributed by atoms with E-state index in [9.17, 15) is 22.8 Å². The second-order valence-corrected chi connectivity index (χ2v) is 4.26. The Morgan fingerprint density at radius 1 is 1.44 bits per heavy atom. The summed E-state index contributed by atoms with van der Waals surface area (Å²) in [6.07, 6.45) is -5.04. The molecular weight excluding hydrogens is 255 g/mol. The summed E-state index contributed by atoms with van der Waals surface area (Å²) in [4.78, 5) is 22.6. The summed E-state index contributed by atoms with van der Waals surface area (Å²) in [7, 11) is 0. The van der Waals surface area contributed by atoms with Crippen molar-refractivity contribution >= 4 is 11.9 Å². The van der Waals surface area contributed by atoms with Gasteiger partial charge in [-0.25, -0.2) is 0 Å². The molecule has 1 aliphatic heterocycles. The van der Waals surface area contributed by atoms with E-state index < -0.39 is 37.2 Å². The highest BCUT2D eigenvalue weighted by Crippen LogP contribution is 2.24. The molecule has 1 heterocycles. The first-order valence-electron chi connectivity index (χ1n) is 5.39. The molecule has 1 aliphatic rings. The lowest BCUT2D eigenvalue weighted by atomic mass is 10.0. The van der Waals surface area contributed by atoms with E-state index in [0.717, 1.165) is 0 Å². The molecule has 0 bridgehead atoms. The second kappa shape index (κ2) is 5.55. The minimum atomic E-state index is -4.63. The molecule has 0 spiro atoms. The van der Waals surface area contributed by atoms with Gasteiger partial charge in [-0.2, -0.15) is 13.2 Å². The van der Waals surface area contributed by atoms with E-state index in [2.05, 4.69) is 0 Å². The number of hydrogen-bond donors (Lipinski definition) is 1. The Labute approximate surface area is 102 Å². The van der Waals surface area contributed by atoms with Crippen molar-refractivity contribution < 1.29 is 32.6 Å². The molecule has 1 saturated heterocycles. The Hall–Kier alpha value is -1.31. The van der Waals surface area contributed by atoms with Crippen LogP contribution in [0.25, 0.3) is 0 Å². The third kappa shape index (κ3) is 4.17. The van der Waals surface area contributed by atoms with Crippen molar-refractivity contribution in [3.63, 3.8) is 0 Å². The van der Waals surface area contributed by atoms with Crippen molar-refractivity contribution in [2.45, 2.75) is 25.6 Å². The summed E-state index contributed by atoms with van der Waals surface area (Å²) in [5.74, 6) is -2.61. The number of nitrogens with zero attached hydrogens (tertiary/aromatic N) is 1. The Balaban J connectivity index is 2.75. The van der Waals surface area contributed by atoms with Gasteiger partial charge in [0, 0.05) is 6.61 Å². The van der Waals surface area contributed by atoms with Crippen LogP contribution in [0.15, 0.2) is 0 Å². The van der Waals surface area contributed by atoms with Gasteiger partial charge in [0.2, 0.25) is 0 Å². The van der Waals surface area contributed by atoms with E-state index in [1.165, 1.54) is 0 Å². The number of carboxylic acid groups (broad SMARTS) is 1. The van der Waals surface area contributed by atoms with Crippen LogP contribution < -0.4 is 0 Å². The minimum absolute atomic E-state index is 0.206. The Morgan fingerprint density at radius 2 is 2.06 bits per heavy atom. The van der Waals surface area contributed by atoms with Crippen molar-refractivity contribution in [2.75, 3.05) is 19.7 Å². The fraction of sp³-hybridized carbons (Fsp3) is 0.800. The van der Waals surface area contributed by atoms with Gasteiger partial charge in [-0.1, -0.05) is 6.92 Å². The first-order chi connectivity index (χ1) is 8.20. The van der Waals surface area contributed by atoms with Crippen molar-refractivity contribution in [3.8, 4) is 0 Å². The van der Waals surface area contributed by atoms with Crippen LogP contribution in [0.1, 0.15) is 13.3 Å². The maximum absolute atomic E-state index is 12.3. The number of rotatable bonds is 4. The number of hydrogen-bond acceptors (Lipinski definition) is 3. The van der Waals surface area contributed by atoms with Gasteiger partial charge in [-0.3, -0.25) is 9.59 Å². The zero-order valence-corrected chi connectivity index (χ0v) is 9.74. The Kier molecular flexibility index (Phi) is 4.55. The number of halogens is 3. The smallest absolute Gasteiger partial charge is 0.406 e. The quantitative estimate of drug-likeness (QED) is 0.823. The summed E-state index contributed by atoms with van der Waals surface area (Å²) >= 11 is 0. The molecule has 5 nitrogen and oxygen atoms in total. The van der Waals surface area contributed by atoms with Crippen molar-refractivity contribution in [1.82, 2.24) is 4.90 Å². The molecule has 0 aromatic rings. The number of carboxylic acids is 1. The van der Waals surface area contributed by atoms with E-state index in [4.69, 9.17) is 9.84 Å². The van der Waals surface area contributed by atoms with Gasteiger partial charge in [-0.05, 0) is 12.3 Å². The van der Waals surface area contributed by atoms with Gasteiger partial charge in [0.1, 0.15) is 19.2 Å². The van der Waals surface area contributed by atoms with Crippen molar-refractivity contribution in [2.24, 2.45) is 5.92 Å². The molecule has 1 fully saturated rings. The maximum Gasteiger partial charge on any atom is 0.406 e. The lowest BCUT2D eigenvalue weighted by Gasteiger charge is -2.26. The standard InChI is InChI=1S/C10H14F3NO4/c1-6-2-3-18-8(6)9(17)14(4-7(15)16)5-10(11,12)13/h6,8H,2-5H2,1H3,(H,15,16). The van der Waals surface area contributed by atoms with Crippen LogP contribution in [-0.2, 0) is 14.3 Å². The predicted octanol–water partition coefficient (Wildman–Crippen LogP) is 0.887. The maximum atomic E-state index is 12.3. The molecule has 104 valence electrons. The molecule has 1 rings (SSSR count). The predicted molar refractivity (Wildman–Crippen MR) is 53.8 cm³/mol. The molecule has 0 saturated carbocycles. The molecule has 1 N–H and O–H groups in total. The van der Waals surface area contributed by atoms with Crippen LogP contribution in [0.5, 0.6) is 0 Å². The van der Waals surface area contributed by atoms with Crippen molar-refractivity contribution in [1.29, 1.82) is 0 Å². The highest BCUT2D eigenvalue weighted by Gasteiger charge is 2.39. The average Bonchev–Trinajstić information content (AvgIpc) is 2.59. The number of carbonyl (C=O) groups is 2. The second-order valence-electron chi connectivity index (χ2n) is 4.26. The SMILES string of the molecule is CC1CCOC1C(=O)N(CC(=O)O)CC(F)(F)F. The Morgan fingerprint density at radius 3 is 2.44 bits per heavy atom. The molecule has 8 heteroatoms. The molecule has 2 unspecified atom stereocenters. The number of ether oxygens (including phenoxy) is 1. The zero-order valence-electron chi connectivity index (χ0n) is 9.74. The molecule has 0 aromatic carbocycles. The minimum Gasteiger partial charge on any atom is -0.480 e. The first-order valence-corrected chi connectivity index (χ1v) is 5.39. The van der Waals surface area contributed by atoms with E-state index >= 15 is 0 Å². The molecule has 0 aromatic heterocycles. The summed E-state index contributed by atoms with van der Waals surface area (Å²) < 4.78 is 41.9. The van der Waals surface area contributed by atoms with Gasteiger partial charge < -0.3 is 14.7 Å². The highest BCUT2D eigenvalue weighted by atomic mass is 19.4. The number of carbonyl (C=O) groups excluding carboxylic acids is 1. The van der Waals surface area contributed by atoms with Gasteiger partial charge in [0.25, 0.3) is 5.91 Å². The zero-order chi connectivity index (χ0) is 13.9. The first kappa shape index (κ1) is 14.7. The normalized spacial score (nSPS) is 24.0. The molecule has 2 atom stereocenters. The molecule has 0 radical (unpaired) electrons. The summed E-state index contributed by atoms with van der Waals surface area (Å²) in [5.41, 5.74) is 0. The largest absolute Gasteiger partial charge is 0.480 e. The van der Waals surface area contributed by atoms with E-state index in [0.29, 0.717) is 13.0 Å². The lowest BCUT2D eigenvalue weighted by molar-refractivity contribution is -0.171. The van der Waals surface area contributed by atoms with Crippen LogP contribution in [0.2, 0.25) is 0 Å². The van der Waals surface area contributed by atoms with Crippen molar-refractivity contribution in [3.05, 3.63) is 0 Å². The fourth-order valence-electron chi connectivity index (χ4n) is 1.78. The summed E-state index contributed by atoms with van der Waals surface area (Å²) in [6, 6.07) is 0. The molecule has 0 aliphatic carbocycles. The summed E-state index contributed by atoms with van der Waals surface area (Å²) in [6.45, 7) is -0.581. The van der Waals surface area contributed by atoms with E-state index in [1.54, 1.807) is 6.92 Å². The molecule has 18 heavy (non-hydrogen) atoms. The van der Waals surface area contributed by atoms with E-state index in [-0.39, 0.29) is 10.8 Å². The number of amides is 1. The highest BCUT2D eigenvalue weighted by molar-refractivity contribution is 5.85. The van der Waals surface area contributed by atoms with Crippen LogP contribution >= 0.6 is 0 Å². The average molecular weight is 269 g/mol. The third-order valence-corrected chi connectivity index (χ3v) is 2.64. The monoisotopic (exact) mass is 269 g/mol. The van der Waals surface area contributed by atoms with Gasteiger partial charge in [0.05, 0.1) is 0 Å². The third-order valence-electron chi connectivity index (χ3n) is 2.64. The van der Waals surface area contributed by atoms with Gasteiger partial charge in [0.15, 0.2) is 0 Å². The topological polar surface area (TPSA) is 66.8 Å². The molecular formula is C10H14F3NO4. The van der Waals surface area contributed by atoms with E-state index in [1.807, 2.05) is 0 Å². The van der Waals surface area contributed by atoms with Crippen LogP contribution in [0.3, 0.4) is 0 Å².